The lowest BCUT2D eigenvalue weighted by molar-refractivity contribution is 0.201. The molecule has 6 nitrogen and oxygen atoms in total. The van der Waals surface area contributed by atoms with Gasteiger partial charge in [0.2, 0.25) is 0 Å². The van der Waals surface area contributed by atoms with Crippen LogP contribution in [0.5, 0.6) is 17.2 Å². The number of hydrogen-bond donors (Lipinski definition) is 2. The molecule has 0 bridgehead atoms. The normalized spacial score (nSPS) is 11.3. The molecular weight excluding hydrogens is 348 g/mol. The molecule has 2 N–H and O–H groups in total. The molecule has 2 rings (SSSR count). The van der Waals surface area contributed by atoms with Crippen LogP contribution in [-0.2, 0) is 0 Å². The smallest absolute Gasteiger partial charge is 0.383 e. The number of allylic oxidation sites excluding steroid dienone is 1. The fraction of sp³-hybridized carbons (Fsp3) is 0.476. The number of aromatic hydroxyl groups is 1. The molecule has 0 spiro atoms. The van der Waals surface area contributed by atoms with Gasteiger partial charge in [0.1, 0.15) is 17.9 Å². The molecule has 1 heterocycles. The molecule has 0 saturated carbocycles. The van der Waals surface area contributed by atoms with Crippen molar-refractivity contribution >= 4 is 11.0 Å². The summed E-state index contributed by atoms with van der Waals surface area (Å²) in [6.07, 6.45) is 11.4. The zero-order chi connectivity index (χ0) is 19.5. The van der Waals surface area contributed by atoms with Crippen LogP contribution < -0.4 is 15.1 Å². The molecule has 148 valence electrons. The number of aliphatic hydroxyl groups is 1. The van der Waals surface area contributed by atoms with Crippen LogP contribution >= 0.6 is 0 Å². The molecule has 6 heteroatoms. The van der Waals surface area contributed by atoms with Crippen molar-refractivity contribution < 1.29 is 24.1 Å². The topological polar surface area (TPSA) is 89.1 Å². The number of unbranched alkanes of at least 4 members (excludes halogenated alkanes) is 6. The van der Waals surface area contributed by atoms with Gasteiger partial charge < -0.3 is 24.1 Å². The highest BCUT2D eigenvalue weighted by molar-refractivity contribution is 5.86. The first-order chi connectivity index (χ1) is 13.2. The first-order valence-corrected chi connectivity index (χ1v) is 9.52. The predicted molar refractivity (Wildman–Crippen MR) is 104 cm³/mol. The van der Waals surface area contributed by atoms with Crippen LogP contribution in [0, 0.1) is 0 Å². The highest BCUT2D eigenvalue weighted by atomic mass is 16.5. The number of hydrogen-bond acceptors (Lipinski definition) is 6. The molecule has 0 saturated heterocycles. The van der Waals surface area contributed by atoms with E-state index >= 15 is 0 Å². The third-order valence-electron chi connectivity index (χ3n) is 4.18. The van der Waals surface area contributed by atoms with E-state index in [1.165, 1.54) is 50.5 Å². The lowest BCUT2D eigenvalue weighted by atomic mass is 10.1. The maximum atomic E-state index is 12.0. The Hall–Kier alpha value is -2.47. The summed E-state index contributed by atoms with van der Waals surface area (Å²) in [6.45, 7) is 2.21. The SMILES string of the molecule is CCCCCCCC/C=C/Oc1c(O)c2cc(OCCO)ccc2oc1=O. The van der Waals surface area contributed by atoms with Crippen LogP contribution in [-0.4, -0.2) is 23.4 Å². The van der Waals surface area contributed by atoms with Crippen molar-refractivity contribution in [1.29, 1.82) is 0 Å². The maximum Gasteiger partial charge on any atom is 0.383 e. The van der Waals surface area contributed by atoms with Gasteiger partial charge in [0.05, 0.1) is 18.3 Å². The van der Waals surface area contributed by atoms with E-state index in [0.717, 1.165) is 12.8 Å². The van der Waals surface area contributed by atoms with E-state index < -0.39 is 5.63 Å². The lowest BCUT2D eigenvalue weighted by Crippen LogP contribution is -2.04. The lowest BCUT2D eigenvalue weighted by Gasteiger charge is -2.08. The van der Waals surface area contributed by atoms with E-state index in [1.807, 2.05) is 6.08 Å². The van der Waals surface area contributed by atoms with Gasteiger partial charge in [0.25, 0.3) is 5.75 Å². The Balaban J connectivity index is 1.98. The second-order valence-corrected chi connectivity index (χ2v) is 6.34. The molecule has 1 aromatic heterocycles. The number of ether oxygens (including phenoxy) is 2. The van der Waals surface area contributed by atoms with Crippen LogP contribution in [0.15, 0.2) is 39.7 Å². The molecule has 0 unspecified atom stereocenters. The van der Waals surface area contributed by atoms with Crippen LogP contribution in [0.4, 0.5) is 0 Å². The van der Waals surface area contributed by atoms with Crippen molar-refractivity contribution in [2.45, 2.75) is 51.9 Å². The maximum absolute atomic E-state index is 12.0. The minimum Gasteiger partial charge on any atom is -0.504 e. The van der Waals surface area contributed by atoms with Crippen molar-refractivity contribution in [2.75, 3.05) is 13.2 Å². The highest BCUT2D eigenvalue weighted by Gasteiger charge is 2.15. The Bertz CT molecular complexity index is 793. The van der Waals surface area contributed by atoms with Gasteiger partial charge >= 0.3 is 5.63 Å². The first-order valence-electron chi connectivity index (χ1n) is 9.52. The molecule has 27 heavy (non-hydrogen) atoms. The number of fused-ring (bicyclic) bond motifs is 1. The fourth-order valence-electron chi connectivity index (χ4n) is 2.73. The average molecular weight is 376 g/mol. The Kier molecular flexibility index (Phi) is 8.71. The Morgan fingerprint density at radius 2 is 1.93 bits per heavy atom. The minimum atomic E-state index is -0.742. The molecule has 0 aliphatic heterocycles. The summed E-state index contributed by atoms with van der Waals surface area (Å²) in [7, 11) is 0. The molecule has 0 radical (unpaired) electrons. The van der Waals surface area contributed by atoms with Crippen LogP contribution in [0.1, 0.15) is 51.9 Å². The summed E-state index contributed by atoms with van der Waals surface area (Å²) >= 11 is 0. The predicted octanol–water partition coefficient (Wildman–Crippen LogP) is 4.51. The monoisotopic (exact) mass is 376 g/mol. The van der Waals surface area contributed by atoms with Gasteiger partial charge in [-0.1, -0.05) is 39.0 Å². The number of rotatable bonds is 12. The third-order valence-corrected chi connectivity index (χ3v) is 4.18. The standard InChI is InChI=1S/C21H28O6/c1-2-3-4-5-6-7-8-9-13-26-20-19(23)17-15-16(25-14-12-22)10-11-18(17)27-21(20)24/h9-11,13,15,22-23H,2-8,12,14H2,1H3/b13-9+. The quantitative estimate of drug-likeness (QED) is 0.322. The summed E-state index contributed by atoms with van der Waals surface area (Å²) in [5.41, 5.74) is -0.509. The summed E-state index contributed by atoms with van der Waals surface area (Å²) in [5.74, 6) is -0.0915. The average Bonchev–Trinajstić information content (AvgIpc) is 2.67. The van der Waals surface area contributed by atoms with Crippen LogP contribution in [0.2, 0.25) is 0 Å². The summed E-state index contributed by atoms with van der Waals surface area (Å²) in [4.78, 5) is 12.0. The molecule has 2 aromatic rings. The summed E-state index contributed by atoms with van der Waals surface area (Å²) < 4.78 is 15.8. The van der Waals surface area contributed by atoms with Gasteiger partial charge in [0, 0.05) is 0 Å². The molecule has 0 fully saturated rings. The zero-order valence-corrected chi connectivity index (χ0v) is 15.8. The van der Waals surface area contributed by atoms with Gasteiger partial charge in [-0.2, -0.15) is 0 Å². The molecular formula is C21H28O6. The highest BCUT2D eigenvalue weighted by Crippen LogP contribution is 2.33. The number of aliphatic hydroxyl groups excluding tert-OH is 1. The second-order valence-electron chi connectivity index (χ2n) is 6.34. The Labute approximate surface area is 159 Å². The minimum absolute atomic E-state index is 0.119. The van der Waals surface area contributed by atoms with Crippen molar-refractivity contribution in [3.05, 3.63) is 41.0 Å². The van der Waals surface area contributed by atoms with Gasteiger partial charge in [0.15, 0.2) is 5.75 Å². The van der Waals surface area contributed by atoms with Crippen molar-refractivity contribution in [3.63, 3.8) is 0 Å². The van der Waals surface area contributed by atoms with Gasteiger partial charge in [-0.25, -0.2) is 4.79 Å². The van der Waals surface area contributed by atoms with Gasteiger partial charge in [-0.05, 0) is 37.1 Å². The van der Waals surface area contributed by atoms with Crippen molar-refractivity contribution in [1.82, 2.24) is 0 Å². The van der Waals surface area contributed by atoms with E-state index in [-0.39, 0.29) is 30.3 Å². The molecule has 0 aliphatic rings. The molecule has 0 amide bonds. The van der Waals surface area contributed by atoms with Gasteiger partial charge in [-0.15, -0.1) is 0 Å². The van der Waals surface area contributed by atoms with E-state index in [2.05, 4.69) is 6.92 Å². The molecule has 0 atom stereocenters. The van der Waals surface area contributed by atoms with Crippen molar-refractivity contribution in [2.24, 2.45) is 0 Å². The Morgan fingerprint density at radius 3 is 2.70 bits per heavy atom. The number of benzene rings is 1. The first kappa shape index (κ1) is 20.8. The van der Waals surface area contributed by atoms with Crippen LogP contribution in [0.3, 0.4) is 0 Å². The van der Waals surface area contributed by atoms with E-state index in [0.29, 0.717) is 11.1 Å². The van der Waals surface area contributed by atoms with Crippen molar-refractivity contribution in [3.8, 4) is 17.2 Å². The fourth-order valence-corrected chi connectivity index (χ4v) is 2.73. The third kappa shape index (κ3) is 6.32. The van der Waals surface area contributed by atoms with Gasteiger partial charge in [-0.3, -0.25) is 0 Å². The summed E-state index contributed by atoms with van der Waals surface area (Å²) in [5, 5.41) is 19.5. The molecule has 0 aliphatic carbocycles. The second kappa shape index (κ2) is 11.3. The van der Waals surface area contributed by atoms with E-state index in [4.69, 9.17) is 19.0 Å². The van der Waals surface area contributed by atoms with E-state index in [9.17, 15) is 9.90 Å². The summed E-state index contributed by atoms with van der Waals surface area (Å²) in [6, 6.07) is 4.67. The van der Waals surface area contributed by atoms with Crippen LogP contribution in [0.25, 0.3) is 11.0 Å². The van der Waals surface area contributed by atoms with E-state index in [1.54, 1.807) is 6.07 Å². The largest absolute Gasteiger partial charge is 0.504 e. The Morgan fingerprint density at radius 1 is 1.15 bits per heavy atom. The molecule has 1 aromatic carbocycles. The zero-order valence-electron chi connectivity index (χ0n) is 15.8.